The van der Waals surface area contributed by atoms with Crippen molar-refractivity contribution in [1.29, 1.82) is 0 Å². The molecule has 0 aromatic heterocycles. The summed E-state index contributed by atoms with van der Waals surface area (Å²) < 4.78 is 34.5. The fourth-order valence-electron chi connectivity index (χ4n) is 5.19. The largest absolute Gasteiger partial charge is 0.495 e. The van der Waals surface area contributed by atoms with Gasteiger partial charge in [0.25, 0.3) is 10.0 Å². The van der Waals surface area contributed by atoms with Gasteiger partial charge in [0.2, 0.25) is 11.8 Å². The van der Waals surface area contributed by atoms with Crippen LogP contribution in [0.2, 0.25) is 10.0 Å². The lowest BCUT2D eigenvalue weighted by molar-refractivity contribution is -0.140. The van der Waals surface area contributed by atoms with Gasteiger partial charge in [-0.15, -0.1) is 0 Å². The Labute approximate surface area is 257 Å². The lowest BCUT2D eigenvalue weighted by atomic mass is 10.1. The molecule has 42 heavy (non-hydrogen) atoms. The number of ether oxygens (including phenoxy) is 1. The molecule has 1 aliphatic rings. The molecule has 0 unspecified atom stereocenters. The topological polar surface area (TPSA) is 96.0 Å². The zero-order valence-corrected chi connectivity index (χ0v) is 26.0. The summed E-state index contributed by atoms with van der Waals surface area (Å²) in [5, 5.41) is 3.77. The van der Waals surface area contributed by atoms with Crippen LogP contribution in [-0.4, -0.2) is 50.9 Å². The molecule has 1 aliphatic carbocycles. The number of methoxy groups -OCH3 is 1. The third kappa shape index (κ3) is 7.38. The lowest BCUT2D eigenvalue weighted by Gasteiger charge is -2.34. The Morgan fingerprint density at radius 1 is 0.976 bits per heavy atom. The molecule has 0 aliphatic heterocycles. The molecule has 1 fully saturated rings. The summed E-state index contributed by atoms with van der Waals surface area (Å²) in [6.07, 6.45) is 4.18. The van der Waals surface area contributed by atoms with Crippen LogP contribution in [0.25, 0.3) is 0 Å². The van der Waals surface area contributed by atoms with E-state index in [2.05, 4.69) is 5.32 Å². The molecule has 0 radical (unpaired) electrons. The molecule has 0 spiro atoms. The van der Waals surface area contributed by atoms with Gasteiger partial charge < -0.3 is 15.0 Å². The monoisotopic (exact) mass is 631 g/mol. The van der Waals surface area contributed by atoms with Gasteiger partial charge in [0.05, 0.1) is 27.7 Å². The Morgan fingerprint density at radius 2 is 1.64 bits per heavy atom. The van der Waals surface area contributed by atoms with E-state index >= 15 is 0 Å². The number of rotatable bonds is 12. The molecule has 4 rings (SSSR count). The number of halogens is 2. The van der Waals surface area contributed by atoms with Crippen molar-refractivity contribution in [2.45, 2.75) is 62.6 Å². The smallest absolute Gasteiger partial charge is 0.264 e. The molecule has 1 N–H and O–H groups in total. The first-order valence-corrected chi connectivity index (χ1v) is 16.1. The summed E-state index contributed by atoms with van der Waals surface area (Å²) in [6, 6.07) is 18.7. The Hall–Kier alpha value is -3.27. The number of hydrogen-bond acceptors (Lipinski definition) is 5. The second-order valence-corrected chi connectivity index (χ2v) is 12.9. The molecule has 3 aromatic carbocycles. The zero-order valence-electron chi connectivity index (χ0n) is 23.6. The van der Waals surface area contributed by atoms with Gasteiger partial charge in [-0.05, 0) is 61.2 Å². The van der Waals surface area contributed by atoms with Gasteiger partial charge in [-0.1, -0.05) is 79.4 Å². The van der Waals surface area contributed by atoms with Gasteiger partial charge in [0, 0.05) is 12.6 Å². The standard InChI is InChI=1S/C31H35Cl2N3O5S/c1-3-27(31(38)34-23-11-7-8-12-23)35(20-22-17-18-25(32)26(33)19-22)30(37)21-36(28-15-9-10-16-29(28)41-2)42(39,40)24-13-5-4-6-14-24/h4-6,9-10,13-19,23,27H,3,7-8,11-12,20-21H2,1-2H3,(H,34,38)/t27-/m1/s1. The number of nitrogens with zero attached hydrogens (tertiary/aromatic N) is 2. The van der Waals surface area contributed by atoms with Crippen LogP contribution < -0.4 is 14.4 Å². The minimum absolute atomic E-state index is 0.0192. The predicted octanol–water partition coefficient (Wildman–Crippen LogP) is 6.06. The normalized spacial score (nSPS) is 14.3. The number of carbonyl (C=O) groups is 2. The summed E-state index contributed by atoms with van der Waals surface area (Å²) >= 11 is 12.4. The van der Waals surface area contributed by atoms with E-state index in [0.29, 0.717) is 22.0 Å². The number of benzene rings is 3. The molecular weight excluding hydrogens is 597 g/mol. The second kappa shape index (κ2) is 14.3. The molecule has 0 bridgehead atoms. The van der Waals surface area contributed by atoms with Crippen molar-refractivity contribution in [3.05, 3.63) is 88.4 Å². The predicted molar refractivity (Wildman–Crippen MR) is 165 cm³/mol. The molecular formula is C31H35Cl2N3O5S. The van der Waals surface area contributed by atoms with Crippen LogP contribution in [0, 0.1) is 0 Å². The average molecular weight is 633 g/mol. The molecule has 0 saturated heterocycles. The summed E-state index contributed by atoms with van der Waals surface area (Å²) in [6.45, 7) is 1.29. The fourth-order valence-corrected chi connectivity index (χ4v) is 6.96. The van der Waals surface area contributed by atoms with Crippen LogP contribution in [0.15, 0.2) is 77.7 Å². The molecule has 3 aromatic rings. The molecule has 8 nitrogen and oxygen atoms in total. The third-order valence-electron chi connectivity index (χ3n) is 7.39. The number of sulfonamides is 1. The molecule has 0 heterocycles. The molecule has 11 heteroatoms. The van der Waals surface area contributed by atoms with E-state index in [9.17, 15) is 18.0 Å². The average Bonchev–Trinajstić information content (AvgIpc) is 3.51. The van der Waals surface area contributed by atoms with E-state index in [1.807, 2.05) is 6.92 Å². The van der Waals surface area contributed by atoms with E-state index in [1.165, 1.54) is 24.1 Å². The molecule has 1 saturated carbocycles. The van der Waals surface area contributed by atoms with Crippen molar-refractivity contribution in [2.24, 2.45) is 0 Å². The van der Waals surface area contributed by atoms with Crippen LogP contribution in [0.5, 0.6) is 5.75 Å². The van der Waals surface area contributed by atoms with Crippen LogP contribution in [-0.2, 0) is 26.2 Å². The number of amides is 2. The maximum absolute atomic E-state index is 14.2. The Bertz CT molecular complexity index is 1500. The summed E-state index contributed by atoms with van der Waals surface area (Å²) in [5.41, 5.74) is 0.856. The van der Waals surface area contributed by atoms with Crippen molar-refractivity contribution < 1.29 is 22.7 Å². The van der Waals surface area contributed by atoms with E-state index in [4.69, 9.17) is 27.9 Å². The number of nitrogens with one attached hydrogen (secondary N) is 1. The zero-order chi connectivity index (χ0) is 30.3. The van der Waals surface area contributed by atoms with E-state index in [-0.39, 0.29) is 34.8 Å². The van der Waals surface area contributed by atoms with Crippen LogP contribution in [0.3, 0.4) is 0 Å². The Balaban J connectivity index is 1.74. The first-order chi connectivity index (χ1) is 20.1. The van der Waals surface area contributed by atoms with Crippen LogP contribution >= 0.6 is 23.2 Å². The Kier molecular flexibility index (Phi) is 10.8. The first-order valence-electron chi connectivity index (χ1n) is 13.9. The van der Waals surface area contributed by atoms with Crippen molar-refractivity contribution in [2.75, 3.05) is 18.0 Å². The van der Waals surface area contributed by atoms with Gasteiger partial charge in [0.1, 0.15) is 18.3 Å². The van der Waals surface area contributed by atoms with E-state index in [0.717, 1.165) is 30.0 Å². The molecule has 2 amide bonds. The highest BCUT2D eigenvalue weighted by Gasteiger charge is 2.35. The van der Waals surface area contributed by atoms with Crippen molar-refractivity contribution in [1.82, 2.24) is 10.2 Å². The Morgan fingerprint density at radius 3 is 2.29 bits per heavy atom. The van der Waals surface area contributed by atoms with Crippen LogP contribution in [0.1, 0.15) is 44.6 Å². The van der Waals surface area contributed by atoms with E-state index in [1.54, 1.807) is 60.7 Å². The van der Waals surface area contributed by atoms with Gasteiger partial charge in [0.15, 0.2) is 0 Å². The maximum Gasteiger partial charge on any atom is 0.264 e. The second-order valence-electron chi connectivity index (χ2n) is 10.2. The van der Waals surface area contributed by atoms with Gasteiger partial charge in [-0.3, -0.25) is 13.9 Å². The minimum atomic E-state index is -4.21. The summed E-state index contributed by atoms with van der Waals surface area (Å²) in [5.74, 6) is -0.542. The quantitative estimate of drug-likeness (QED) is 0.262. The summed E-state index contributed by atoms with van der Waals surface area (Å²) in [4.78, 5) is 29.2. The number of carbonyl (C=O) groups excluding carboxylic acids is 2. The SMILES string of the molecule is CC[C@H](C(=O)NC1CCCC1)N(Cc1ccc(Cl)c(Cl)c1)C(=O)CN(c1ccccc1OC)S(=O)(=O)c1ccccc1. The number of anilines is 1. The van der Waals surface area contributed by atoms with Crippen molar-refractivity contribution >= 4 is 50.7 Å². The fraction of sp³-hybridized carbons (Fsp3) is 0.355. The first kappa shape index (κ1) is 31.7. The highest BCUT2D eigenvalue weighted by molar-refractivity contribution is 7.92. The number of para-hydroxylation sites is 2. The van der Waals surface area contributed by atoms with Crippen LogP contribution in [0.4, 0.5) is 5.69 Å². The summed E-state index contributed by atoms with van der Waals surface area (Å²) in [7, 11) is -2.77. The van der Waals surface area contributed by atoms with Crippen molar-refractivity contribution in [3.8, 4) is 5.75 Å². The highest BCUT2D eigenvalue weighted by Crippen LogP contribution is 2.33. The minimum Gasteiger partial charge on any atom is -0.495 e. The maximum atomic E-state index is 14.2. The third-order valence-corrected chi connectivity index (χ3v) is 9.90. The highest BCUT2D eigenvalue weighted by atomic mass is 35.5. The van der Waals surface area contributed by atoms with Gasteiger partial charge in [-0.2, -0.15) is 0 Å². The van der Waals surface area contributed by atoms with E-state index < -0.39 is 28.5 Å². The molecule has 224 valence electrons. The molecule has 1 atom stereocenters. The van der Waals surface area contributed by atoms with Gasteiger partial charge in [-0.25, -0.2) is 8.42 Å². The van der Waals surface area contributed by atoms with Crippen molar-refractivity contribution in [3.63, 3.8) is 0 Å². The number of hydrogen-bond donors (Lipinski definition) is 1. The van der Waals surface area contributed by atoms with Gasteiger partial charge >= 0.3 is 0 Å². The lowest BCUT2D eigenvalue weighted by Crippen LogP contribution is -2.53.